The average molecular weight is 1150 g/mol. The molecule has 6 nitrogen and oxygen atoms in total. The molecule has 0 radical (unpaired) electrons. The van der Waals surface area contributed by atoms with Crippen molar-refractivity contribution in [2.24, 2.45) is 0 Å². The topological polar surface area (TPSA) is 78.9 Å². The lowest BCUT2D eigenvalue weighted by molar-refractivity contribution is -0.166. The van der Waals surface area contributed by atoms with E-state index < -0.39 is 12.1 Å². The molecule has 0 amide bonds. The SMILES string of the molecule is CC/C=C\C/C=C\C/C=C\C/C=C\C/C=C\CC(=O)OC(COC(=O)CCCC/C=C\C/C=C\C/C=C\C/C=C\CC)COC(=O)CCCCCCCCCCCCCCCCCCCCCCCCCCCCCCCCCCCCC. The van der Waals surface area contributed by atoms with Crippen LogP contribution in [0.5, 0.6) is 0 Å². The van der Waals surface area contributed by atoms with Crippen LogP contribution in [0.15, 0.2) is 109 Å². The predicted molar refractivity (Wildman–Crippen MR) is 362 cm³/mol. The van der Waals surface area contributed by atoms with Gasteiger partial charge in [-0.3, -0.25) is 14.4 Å². The summed E-state index contributed by atoms with van der Waals surface area (Å²) in [6.07, 6.45) is 97.6. The van der Waals surface area contributed by atoms with Crippen LogP contribution in [0.4, 0.5) is 0 Å². The second-order valence-electron chi connectivity index (χ2n) is 23.4. The lowest BCUT2D eigenvalue weighted by Crippen LogP contribution is -2.30. The van der Waals surface area contributed by atoms with Crippen LogP contribution < -0.4 is 0 Å². The molecule has 0 aliphatic rings. The Morgan fingerprint density at radius 1 is 0.265 bits per heavy atom. The lowest BCUT2D eigenvalue weighted by atomic mass is 10.0. The van der Waals surface area contributed by atoms with Gasteiger partial charge in [0.05, 0.1) is 6.42 Å². The fourth-order valence-electron chi connectivity index (χ4n) is 10.1. The third kappa shape index (κ3) is 68.7. The highest BCUT2D eigenvalue weighted by Crippen LogP contribution is 2.18. The number of esters is 3. The molecular weight excluding hydrogens is 1020 g/mol. The van der Waals surface area contributed by atoms with Gasteiger partial charge in [0.2, 0.25) is 0 Å². The van der Waals surface area contributed by atoms with Crippen molar-refractivity contribution in [2.45, 2.75) is 348 Å². The Morgan fingerprint density at radius 2 is 0.506 bits per heavy atom. The van der Waals surface area contributed by atoms with Crippen molar-refractivity contribution < 1.29 is 28.6 Å². The maximum Gasteiger partial charge on any atom is 0.310 e. The first-order valence-electron chi connectivity index (χ1n) is 35.4. The summed E-state index contributed by atoms with van der Waals surface area (Å²) in [6, 6.07) is 0. The minimum atomic E-state index is -0.851. The van der Waals surface area contributed by atoms with Gasteiger partial charge in [-0.2, -0.15) is 0 Å². The molecule has 0 heterocycles. The number of unbranched alkanes of at least 4 members (excludes halogenated alkanes) is 36. The first kappa shape index (κ1) is 79.1. The third-order valence-electron chi connectivity index (χ3n) is 15.3. The summed E-state index contributed by atoms with van der Waals surface area (Å²) >= 11 is 0. The van der Waals surface area contributed by atoms with Gasteiger partial charge in [0.1, 0.15) is 13.2 Å². The van der Waals surface area contributed by atoms with E-state index in [2.05, 4.69) is 118 Å². The van der Waals surface area contributed by atoms with Crippen LogP contribution in [0.1, 0.15) is 342 Å². The molecule has 1 unspecified atom stereocenters. The summed E-state index contributed by atoms with van der Waals surface area (Å²) in [5, 5.41) is 0. The summed E-state index contributed by atoms with van der Waals surface area (Å²) in [5.41, 5.74) is 0. The van der Waals surface area contributed by atoms with E-state index in [-0.39, 0.29) is 38.0 Å². The zero-order chi connectivity index (χ0) is 59.9. The molecule has 83 heavy (non-hydrogen) atoms. The Bertz CT molecular complexity index is 1660. The molecular formula is C77H132O6. The fraction of sp³-hybridized carbons (Fsp3) is 0.727. The molecule has 0 aromatic carbocycles. The normalized spacial score (nSPS) is 12.8. The number of rotatable bonds is 64. The number of allylic oxidation sites excluding steroid dienone is 17. The maximum absolute atomic E-state index is 12.8. The van der Waals surface area contributed by atoms with Crippen molar-refractivity contribution in [1.82, 2.24) is 0 Å². The van der Waals surface area contributed by atoms with Gasteiger partial charge < -0.3 is 14.2 Å². The Hall–Kier alpha value is -3.93. The highest BCUT2D eigenvalue weighted by molar-refractivity contribution is 5.72. The molecule has 0 rings (SSSR count). The Morgan fingerprint density at radius 3 is 0.795 bits per heavy atom. The molecule has 0 N–H and O–H groups in total. The van der Waals surface area contributed by atoms with Crippen LogP contribution in [-0.4, -0.2) is 37.2 Å². The molecule has 6 heteroatoms. The van der Waals surface area contributed by atoms with E-state index in [0.29, 0.717) is 19.3 Å². The van der Waals surface area contributed by atoms with Crippen LogP contribution in [0.25, 0.3) is 0 Å². The molecule has 0 fully saturated rings. The molecule has 476 valence electrons. The molecule has 0 aromatic heterocycles. The number of ether oxygens (including phenoxy) is 3. The summed E-state index contributed by atoms with van der Waals surface area (Å²) in [6.45, 7) is 6.32. The zero-order valence-electron chi connectivity index (χ0n) is 54.7. The average Bonchev–Trinajstić information content (AvgIpc) is 3.50. The van der Waals surface area contributed by atoms with Crippen LogP contribution in [0.3, 0.4) is 0 Å². The van der Waals surface area contributed by atoms with Crippen molar-refractivity contribution in [2.75, 3.05) is 13.2 Å². The molecule has 0 saturated carbocycles. The third-order valence-corrected chi connectivity index (χ3v) is 15.3. The number of hydrogen-bond donors (Lipinski definition) is 0. The quantitative estimate of drug-likeness (QED) is 0.0261. The molecule has 0 bridgehead atoms. The van der Waals surface area contributed by atoms with E-state index in [4.69, 9.17) is 14.2 Å². The van der Waals surface area contributed by atoms with Crippen molar-refractivity contribution in [3.05, 3.63) is 109 Å². The van der Waals surface area contributed by atoms with Crippen LogP contribution in [-0.2, 0) is 28.6 Å². The van der Waals surface area contributed by atoms with Crippen LogP contribution >= 0.6 is 0 Å². The van der Waals surface area contributed by atoms with E-state index in [1.807, 2.05) is 6.08 Å². The van der Waals surface area contributed by atoms with Crippen molar-refractivity contribution in [1.29, 1.82) is 0 Å². The second-order valence-corrected chi connectivity index (χ2v) is 23.4. The minimum Gasteiger partial charge on any atom is -0.462 e. The number of carbonyl (C=O) groups excluding carboxylic acids is 3. The van der Waals surface area contributed by atoms with E-state index in [9.17, 15) is 14.4 Å². The summed E-state index contributed by atoms with van der Waals surface area (Å²) in [4.78, 5) is 38.2. The summed E-state index contributed by atoms with van der Waals surface area (Å²) in [5.74, 6) is -1.10. The Labute approximate surface area is 514 Å². The van der Waals surface area contributed by atoms with Gasteiger partial charge in [0.25, 0.3) is 0 Å². The van der Waals surface area contributed by atoms with Gasteiger partial charge in [-0.05, 0) is 83.5 Å². The van der Waals surface area contributed by atoms with E-state index in [1.54, 1.807) is 6.08 Å². The first-order valence-corrected chi connectivity index (χ1v) is 35.4. The number of hydrogen-bond acceptors (Lipinski definition) is 6. The van der Waals surface area contributed by atoms with Crippen molar-refractivity contribution >= 4 is 17.9 Å². The number of carbonyl (C=O) groups is 3. The van der Waals surface area contributed by atoms with E-state index in [1.165, 1.54) is 205 Å². The van der Waals surface area contributed by atoms with Crippen molar-refractivity contribution in [3.8, 4) is 0 Å². The molecule has 1 atom stereocenters. The van der Waals surface area contributed by atoms with Gasteiger partial charge in [-0.25, -0.2) is 0 Å². The van der Waals surface area contributed by atoms with Gasteiger partial charge in [0, 0.05) is 12.8 Å². The van der Waals surface area contributed by atoms with Gasteiger partial charge >= 0.3 is 17.9 Å². The van der Waals surface area contributed by atoms with Crippen molar-refractivity contribution in [3.63, 3.8) is 0 Å². The smallest absolute Gasteiger partial charge is 0.310 e. The van der Waals surface area contributed by atoms with Gasteiger partial charge in [0.15, 0.2) is 6.10 Å². The van der Waals surface area contributed by atoms with Gasteiger partial charge in [-0.1, -0.05) is 348 Å². The second kappa shape index (κ2) is 70.6. The Balaban J connectivity index is 4.17. The molecule has 0 aromatic rings. The van der Waals surface area contributed by atoms with E-state index in [0.717, 1.165) is 83.5 Å². The lowest BCUT2D eigenvalue weighted by Gasteiger charge is -2.18. The monoisotopic (exact) mass is 1150 g/mol. The van der Waals surface area contributed by atoms with Gasteiger partial charge in [-0.15, -0.1) is 0 Å². The van der Waals surface area contributed by atoms with Crippen LogP contribution in [0, 0.1) is 0 Å². The largest absolute Gasteiger partial charge is 0.462 e. The predicted octanol–water partition coefficient (Wildman–Crippen LogP) is 24.6. The molecule has 0 saturated heterocycles. The standard InChI is InChI=1S/C77H132O6/c1-4-7-10-13-16-19-22-25-28-29-30-31-32-33-34-35-36-37-38-39-40-41-42-43-44-45-46-47-50-52-55-58-61-64-67-70-76(79)82-73-74(83-77(80)71-68-65-62-59-56-53-49-27-24-21-18-15-12-9-6-3)72-81-75(78)69-66-63-60-57-54-51-48-26-23-20-17-14-11-8-5-2/h8-9,11-12,17-18,20-21,26-27,48-49,54,56-57,59,65,68,74H,4-7,10,13-16,19,22-25,28-47,50-53,55,58,60-64,66-67,69-73H2,1-3H3/b11-8-,12-9-,20-17-,21-18-,48-26-,49-27-,57-54-,59-56-,68-65-. The first-order chi connectivity index (χ1) is 41.0. The zero-order valence-corrected chi connectivity index (χ0v) is 54.7. The van der Waals surface area contributed by atoms with E-state index >= 15 is 0 Å². The minimum absolute atomic E-state index is 0.0863. The summed E-state index contributed by atoms with van der Waals surface area (Å²) in [7, 11) is 0. The molecule has 0 spiro atoms. The fourth-order valence-corrected chi connectivity index (χ4v) is 10.1. The maximum atomic E-state index is 12.8. The molecule has 0 aliphatic carbocycles. The highest BCUT2D eigenvalue weighted by atomic mass is 16.6. The Kier molecular flexibility index (Phi) is 67.2. The highest BCUT2D eigenvalue weighted by Gasteiger charge is 2.19. The van der Waals surface area contributed by atoms with Crippen LogP contribution in [0.2, 0.25) is 0 Å². The summed E-state index contributed by atoms with van der Waals surface area (Å²) < 4.78 is 16.8. The molecule has 0 aliphatic heterocycles.